The van der Waals surface area contributed by atoms with Crippen LogP contribution in [0, 0.1) is 6.92 Å². The topological polar surface area (TPSA) is 42.4 Å². The molecular weight excluding hydrogens is 214 g/mol. The van der Waals surface area contributed by atoms with Gasteiger partial charge in [-0.3, -0.25) is 4.98 Å². The van der Waals surface area contributed by atoms with E-state index in [4.69, 9.17) is 4.74 Å². The number of benzene rings is 1. The van der Waals surface area contributed by atoms with Crippen LogP contribution in [-0.2, 0) is 6.61 Å². The van der Waals surface area contributed by atoms with E-state index >= 15 is 0 Å². The van der Waals surface area contributed by atoms with Gasteiger partial charge in [-0.2, -0.15) is 0 Å². The van der Waals surface area contributed by atoms with E-state index in [0.717, 1.165) is 22.3 Å². The molecule has 0 radical (unpaired) electrons. The third-order valence-corrected chi connectivity index (χ3v) is 2.70. The van der Waals surface area contributed by atoms with Crippen LogP contribution in [0.3, 0.4) is 0 Å². The van der Waals surface area contributed by atoms with Gasteiger partial charge >= 0.3 is 0 Å². The Bertz CT molecular complexity index is 523. The molecule has 0 unspecified atom stereocenters. The summed E-state index contributed by atoms with van der Waals surface area (Å²) in [5, 5.41) is 9.35. The van der Waals surface area contributed by atoms with Crippen LogP contribution in [0.2, 0.25) is 0 Å². The number of methoxy groups -OCH3 is 1. The molecule has 0 fully saturated rings. The lowest BCUT2D eigenvalue weighted by molar-refractivity contribution is 0.282. The molecule has 0 atom stereocenters. The van der Waals surface area contributed by atoms with Crippen LogP contribution in [0.25, 0.3) is 11.1 Å². The summed E-state index contributed by atoms with van der Waals surface area (Å²) >= 11 is 0. The van der Waals surface area contributed by atoms with Gasteiger partial charge in [-0.25, -0.2) is 0 Å². The van der Waals surface area contributed by atoms with Gasteiger partial charge in [0.15, 0.2) is 0 Å². The molecule has 0 amide bonds. The van der Waals surface area contributed by atoms with Crippen LogP contribution in [-0.4, -0.2) is 17.2 Å². The minimum atomic E-state index is 0.0207. The average Bonchev–Trinajstić information content (AvgIpc) is 2.39. The molecule has 1 N–H and O–H groups in total. The van der Waals surface area contributed by atoms with Crippen molar-refractivity contribution in [2.45, 2.75) is 13.5 Å². The SMILES string of the molecule is COc1cncc(-c2cc(C)ccc2CO)c1. The van der Waals surface area contributed by atoms with Gasteiger partial charge in [0, 0.05) is 11.8 Å². The van der Waals surface area contributed by atoms with E-state index in [2.05, 4.69) is 4.98 Å². The largest absolute Gasteiger partial charge is 0.495 e. The first-order valence-corrected chi connectivity index (χ1v) is 5.44. The van der Waals surface area contributed by atoms with Crippen LogP contribution in [0.4, 0.5) is 0 Å². The first kappa shape index (κ1) is 11.6. The summed E-state index contributed by atoms with van der Waals surface area (Å²) in [6.45, 7) is 2.05. The van der Waals surface area contributed by atoms with Crippen molar-refractivity contribution in [3.05, 3.63) is 47.8 Å². The normalized spacial score (nSPS) is 10.3. The second-order valence-electron chi connectivity index (χ2n) is 3.93. The molecule has 0 saturated carbocycles. The standard InChI is InChI=1S/C14H15NO2/c1-10-3-4-11(9-16)14(5-10)12-6-13(17-2)8-15-7-12/h3-8,16H,9H2,1-2H3. The van der Waals surface area contributed by atoms with Crippen molar-refractivity contribution in [3.8, 4) is 16.9 Å². The van der Waals surface area contributed by atoms with Crippen molar-refractivity contribution in [2.75, 3.05) is 7.11 Å². The lowest BCUT2D eigenvalue weighted by atomic mass is 9.99. The average molecular weight is 229 g/mol. The molecule has 2 rings (SSSR count). The minimum absolute atomic E-state index is 0.0207. The molecule has 0 saturated heterocycles. The monoisotopic (exact) mass is 229 g/mol. The third kappa shape index (κ3) is 2.45. The number of rotatable bonds is 3. The highest BCUT2D eigenvalue weighted by molar-refractivity contribution is 5.68. The molecule has 0 aliphatic carbocycles. The molecule has 0 aliphatic rings. The number of pyridine rings is 1. The Morgan fingerprint density at radius 1 is 1.24 bits per heavy atom. The predicted molar refractivity (Wildman–Crippen MR) is 66.9 cm³/mol. The van der Waals surface area contributed by atoms with E-state index in [1.807, 2.05) is 31.2 Å². The lowest BCUT2D eigenvalue weighted by Gasteiger charge is -2.09. The molecule has 1 aromatic carbocycles. The highest BCUT2D eigenvalue weighted by Gasteiger charge is 2.06. The maximum absolute atomic E-state index is 9.35. The molecule has 3 heteroatoms. The number of ether oxygens (including phenoxy) is 1. The summed E-state index contributed by atoms with van der Waals surface area (Å²) in [7, 11) is 1.62. The van der Waals surface area contributed by atoms with E-state index in [1.165, 1.54) is 0 Å². The zero-order chi connectivity index (χ0) is 12.3. The van der Waals surface area contributed by atoms with Crippen LogP contribution in [0.15, 0.2) is 36.7 Å². The Morgan fingerprint density at radius 3 is 2.76 bits per heavy atom. The van der Waals surface area contributed by atoms with Gasteiger partial charge < -0.3 is 9.84 Å². The smallest absolute Gasteiger partial charge is 0.137 e. The highest BCUT2D eigenvalue weighted by atomic mass is 16.5. The van der Waals surface area contributed by atoms with Gasteiger partial charge in [0.2, 0.25) is 0 Å². The summed E-state index contributed by atoms with van der Waals surface area (Å²) < 4.78 is 5.16. The van der Waals surface area contributed by atoms with Crippen molar-refractivity contribution in [1.29, 1.82) is 0 Å². The highest BCUT2D eigenvalue weighted by Crippen LogP contribution is 2.27. The Hall–Kier alpha value is -1.87. The van der Waals surface area contributed by atoms with Crippen molar-refractivity contribution < 1.29 is 9.84 Å². The summed E-state index contributed by atoms with van der Waals surface area (Å²) in [5.41, 5.74) is 4.00. The molecule has 0 bridgehead atoms. The van der Waals surface area contributed by atoms with E-state index < -0.39 is 0 Å². The van der Waals surface area contributed by atoms with Gasteiger partial charge in [-0.15, -0.1) is 0 Å². The fourth-order valence-corrected chi connectivity index (χ4v) is 1.77. The number of aliphatic hydroxyl groups is 1. The predicted octanol–water partition coefficient (Wildman–Crippen LogP) is 2.56. The molecular formula is C14H15NO2. The molecule has 2 aromatic rings. The maximum atomic E-state index is 9.35. The van der Waals surface area contributed by atoms with Gasteiger partial charge in [0.05, 0.1) is 19.9 Å². The van der Waals surface area contributed by atoms with Crippen molar-refractivity contribution in [3.63, 3.8) is 0 Å². The fourth-order valence-electron chi connectivity index (χ4n) is 1.77. The Balaban J connectivity index is 2.54. The van der Waals surface area contributed by atoms with E-state index in [0.29, 0.717) is 5.75 Å². The summed E-state index contributed by atoms with van der Waals surface area (Å²) in [4.78, 5) is 4.13. The summed E-state index contributed by atoms with van der Waals surface area (Å²) in [6.07, 6.45) is 3.44. The zero-order valence-electron chi connectivity index (χ0n) is 9.97. The Labute approximate surface area is 101 Å². The minimum Gasteiger partial charge on any atom is -0.495 e. The molecule has 88 valence electrons. The molecule has 1 aromatic heterocycles. The van der Waals surface area contributed by atoms with Crippen LogP contribution in [0.5, 0.6) is 5.75 Å². The summed E-state index contributed by atoms with van der Waals surface area (Å²) in [6, 6.07) is 7.88. The number of aryl methyl sites for hydroxylation is 1. The van der Waals surface area contributed by atoms with E-state index in [-0.39, 0.29) is 6.61 Å². The number of hydrogen-bond donors (Lipinski definition) is 1. The first-order valence-electron chi connectivity index (χ1n) is 5.44. The van der Waals surface area contributed by atoms with Crippen molar-refractivity contribution in [1.82, 2.24) is 4.98 Å². The number of aromatic nitrogens is 1. The first-order chi connectivity index (χ1) is 8.24. The number of nitrogens with zero attached hydrogens (tertiary/aromatic N) is 1. The van der Waals surface area contributed by atoms with Gasteiger partial charge in [-0.05, 0) is 24.1 Å². The second kappa shape index (κ2) is 4.97. The van der Waals surface area contributed by atoms with E-state index in [1.54, 1.807) is 19.5 Å². The summed E-state index contributed by atoms with van der Waals surface area (Å²) in [5.74, 6) is 0.716. The van der Waals surface area contributed by atoms with Gasteiger partial charge in [0.1, 0.15) is 5.75 Å². The fraction of sp³-hybridized carbons (Fsp3) is 0.214. The van der Waals surface area contributed by atoms with Crippen LogP contribution in [0.1, 0.15) is 11.1 Å². The third-order valence-electron chi connectivity index (χ3n) is 2.70. The molecule has 0 aliphatic heterocycles. The Kier molecular flexibility index (Phi) is 3.40. The Morgan fingerprint density at radius 2 is 2.06 bits per heavy atom. The number of hydrogen-bond acceptors (Lipinski definition) is 3. The zero-order valence-corrected chi connectivity index (χ0v) is 9.97. The maximum Gasteiger partial charge on any atom is 0.137 e. The number of aliphatic hydroxyl groups excluding tert-OH is 1. The molecule has 17 heavy (non-hydrogen) atoms. The molecule has 1 heterocycles. The lowest BCUT2D eigenvalue weighted by Crippen LogP contribution is -1.92. The second-order valence-corrected chi connectivity index (χ2v) is 3.93. The van der Waals surface area contributed by atoms with Gasteiger partial charge in [0.25, 0.3) is 0 Å². The van der Waals surface area contributed by atoms with Gasteiger partial charge in [-0.1, -0.05) is 23.8 Å². The van der Waals surface area contributed by atoms with Crippen LogP contribution >= 0.6 is 0 Å². The van der Waals surface area contributed by atoms with Crippen LogP contribution < -0.4 is 4.74 Å². The molecule has 3 nitrogen and oxygen atoms in total. The van der Waals surface area contributed by atoms with Crippen molar-refractivity contribution >= 4 is 0 Å². The van der Waals surface area contributed by atoms with E-state index in [9.17, 15) is 5.11 Å². The quantitative estimate of drug-likeness (QED) is 0.879. The van der Waals surface area contributed by atoms with Crippen molar-refractivity contribution in [2.24, 2.45) is 0 Å². The molecule has 0 spiro atoms.